The van der Waals surface area contributed by atoms with Crippen molar-refractivity contribution in [2.75, 3.05) is 18.0 Å². The average molecular weight is 428 g/mol. The molecule has 0 aliphatic carbocycles. The smallest absolute Gasteiger partial charge is 0.228 e. The molecule has 2 fully saturated rings. The van der Waals surface area contributed by atoms with Crippen LogP contribution in [0, 0.1) is 5.92 Å². The van der Waals surface area contributed by atoms with Gasteiger partial charge in [0.15, 0.2) is 5.82 Å². The first-order valence-electron chi connectivity index (χ1n) is 10.9. The summed E-state index contributed by atoms with van der Waals surface area (Å²) in [6, 6.07) is 7.21. The zero-order chi connectivity index (χ0) is 20.7. The molecule has 158 valence electrons. The standard InChI is InChI=1S/C22H26ClN5O2/c23-16-6-4-7-17(13-16)28-14-15(12-20(28)29)22(30)26-11-5-8-18(26)21-25-24-19-9-2-1-3-10-27(19)21/h4,6-7,13,15,18H,1-3,5,8-12,14H2/t15-,18-/m1/s1. The molecule has 5 rings (SSSR count). The molecule has 2 amide bonds. The highest BCUT2D eigenvalue weighted by atomic mass is 35.5. The summed E-state index contributed by atoms with van der Waals surface area (Å²) in [5, 5.41) is 9.51. The van der Waals surface area contributed by atoms with Crippen molar-refractivity contribution in [3.8, 4) is 0 Å². The molecule has 7 nitrogen and oxygen atoms in total. The number of rotatable bonds is 3. The summed E-state index contributed by atoms with van der Waals surface area (Å²) in [4.78, 5) is 29.7. The van der Waals surface area contributed by atoms with Gasteiger partial charge < -0.3 is 14.4 Å². The third-order valence-electron chi connectivity index (χ3n) is 6.57. The van der Waals surface area contributed by atoms with E-state index >= 15 is 0 Å². The second-order valence-electron chi connectivity index (χ2n) is 8.51. The Morgan fingerprint density at radius 3 is 2.87 bits per heavy atom. The Hall–Kier alpha value is -2.41. The normalized spacial score (nSPS) is 24.2. The first kappa shape index (κ1) is 19.5. The molecule has 30 heavy (non-hydrogen) atoms. The van der Waals surface area contributed by atoms with Crippen molar-refractivity contribution in [1.82, 2.24) is 19.7 Å². The van der Waals surface area contributed by atoms with Crippen molar-refractivity contribution in [2.24, 2.45) is 5.92 Å². The summed E-state index contributed by atoms with van der Waals surface area (Å²) in [5.74, 6) is 1.67. The van der Waals surface area contributed by atoms with Crippen LogP contribution in [0.3, 0.4) is 0 Å². The Morgan fingerprint density at radius 2 is 2.00 bits per heavy atom. The fraction of sp³-hybridized carbons (Fsp3) is 0.545. The van der Waals surface area contributed by atoms with Gasteiger partial charge in [-0.15, -0.1) is 10.2 Å². The summed E-state index contributed by atoms with van der Waals surface area (Å²) in [7, 11) is 0. The number of amides is 2. The van der Waals surface area contributed by atoms with Gasteiger partial charge in [-0.3, -0.25) is 9.59 Å². The molecule has 3 aliphatic heterocycles. The van der Waals surface area contributed by atoms with E-state index in [0.29, 0.717) is 18.1 Å². The van der Waals surface area contributed by atoms with Crippen LogP contribution in [0.25, 0.3) is 0 Å². The van der Waals surface area contributed by atoms with Crippen LogP contribution >= 0.6 is 11.6 Å². The lowest BCUT2D eigenvalue weighted by Crippen LogP contribution is -2.38. The number of aryl methyl sites for hydroxylation is 1. The van der Waals surface area contributed by atoms with Crippen molar-refractivity contribution < 1.29 is 9.59 Å². The molecular weight excluding hydrogens is 402 g/mol. The number of hydrogen-bond donors (Lipinski definition) is 0. The maximum atomic E-state index is 13.4. The van der Waals surface area contributed by atoms with E-state index in [-0.39, 0.29) is 30.2 Å². The van der Waals surface area contributed by atoms with Crippen molar-refractivity contribution in [3.63, 3.8) is 0 Å². The molecule has 0 bridgehead atoms. The van der Waals surface area contributed by atoms with Crippen molar-refractivity contribution in [2.45, 2.75) is 57.5 Å². The molecule has 0 radical (unpaired) electrons. The number of carbonyl (C=O) groups is 2. The number of fused-ring (bicyclic) bond motifs is 1. The molecule has 1 aromatic carbocycles. The SMILES string of the molecule is O=C1C[C@@H](C(=O)N2CCC[C@@H]2c2nnc3n2CCCCC3)CN1c1cccc(Cl)c1. The van der Waals surface area contributed by atoms with Gasteiger partial charge in [-0.2, -0.15) is 0 Å². The fourth-order valence-electron chi connectivity index (χ4n) is 5.05. The zero-order valence-electron chi connectivity index (χ0n) is 17.0. The number of benzene rings is 1. The molecule has 2 aromatic rings. The molecule has 0 unspecified atom stereocenters. The number of anilines is 1. The Kier molecular flexibility index (Phi) is 5.23. The highest BCUT2D eigenvalue weighted by molar-refractivity contribution is 6.31. The zero-order valence-corrected chi connectivity index (χ0v) is 17.7. The first-order valence-corrected chi connectivity index (χ1v) is 11.3. The number of nitrogens with zero attached hydrogens (tertiary/aromatic N) is 5. The Bertz CT molecular complexity index is 974. The van der Waals surface area contributed by atoms with Crippen LogP contribution in [0.4, 0.5) is 5.69 Å². The summed E-state index contributed by atoms with van der Waals surface area (Å²) in [6.45, 7) is 2.05. The second kappa shape index (κ2) is 8.02. The van der Waals surface area contributed by atoms with Gasteiger partial charge in [-0.25, -0.2) is 0 Å². The minimum absolute atomic E-state index is 0.0253. The molecule has 8 heteroatoms. The van der Waals surface area contributed by atoms with Gasteiger partial charge in [0.05, 0.1) is 12.0 Å². The number of carbonyl (C=O) groups excluding carboxylic acids is 2. The molecule has 0 saturated carbocycles. The fourth-order valence-corrected chi connectivity index (χ4v) is 5.24. The van der Waals surface area contributed by atoms with Gasteiger partial charge in [0.2, 0.25) is 11.8 Å². The molecule has 1 aromatic heterocycles. The van der Waals surface area contributed by atoms with Gasteiger partial charge >= 0.3 is 0 Å². The maximum absolute atomic E-state index is 13.4. The Balaban J connectivity index is 1.35. The van der Waals surface area contributed by atoms with Crippen LogP contribution in [0.1, 0.15) is 56.2 Å². The molecule has 3 aliphatic rings. The second-order valence-corrected chi connectivity index (χ2v) is 8.95. The van der Waals surface area contributed by atoms with E-state index in [0.717, 1.165) is 56.0 Å². The number of halogens is 1. The van der Waals surface area contributed by atoms with E-state index in [4.69, 9.17) is 11.6 Å². The van der Waals surface area contributed by atoms with E-state index in [1.165, 1.54) is 6.42 Å². The lowest BCUT2D eigenvalue weighted by molar-refractivity contribution is -0.136. The average Bonchev–Trinajstić information content (AvgIpc) is 3.42. The summed E-state index contributed by atoms with van der Waals surface area (Å²) in [5.41, 5.74) is 0.753. The topological polar surface area (TPSA) is 71.3 Å². The number of aromatic nitrogens is 3. The Labute approximate surface area is 181 Å². The van der Waals surface area contributed by atoms with Gasteiger partial charge in [0.25, 0.3) is 0 Å². The van der Waals surface area contributed by atoms with E-state index in [9.17, 15) is 9.59 Å². The van der Waals surface area contributed by atoms with Crippen LogP contribution in [-0.4, -0.2) is 44.6 Å². The maximum Gasteiger partial charge on any atom is 0.228 e. The lowest BCUT2D eigenvalue weighted by atomic mass is 10.1. The van der Waals surface area contributed by atoms with E-state index < -0.39 is 0 Å². The molecule has 0 spiro atoms. The largest absolute Gasteiger partial charge is 0.332 e. The van der Waals surface area contributed by atoms with Crippen LogP contribution in [0.2, 0.25) is 5.02 Å². The highest BCUT2D eigenvalue weighted by Gasteiger charge is 2.42. The van der Waals surface area contributed by atoms with Crippen LogP contribution < -0.4 is 4.90 Å². The molecule has 2 saturated heterocycles. The van der Waals surface area contributed by atoms with Gasteiger partial charge in [0, 0.05) is 43.2 Å². The van der Waals surface area contributed by atoms with Crippen molar-refractivity contribution >= 4 is 29.1 Å². The molecule has 2 atom stereocenters. The van der Waals surface area contributed by atoms with E-state index in [2.05, 4.69) is 14.8 Å². The number of hydrogen-bond acceptors (Lipinski definition) is 4. The number of likely N-dealkylation sites (tertiary alicyclic amines) is 1. The summed E-state index contributed by atoms with van der Waals surface area (Å²) >= 11 is 6.09. The minimum Gasteiger partial charge on any atom is -0.332 e. The van der Waals surface area contributed by atoms with E-state index in [1.807, 2.05) is 17.0 Å². The van der Waals surface area contributed by atoms with Crippen LogP contribution in [0.15, 0.2) is 24.3 Å². The first-order chi connectivity index (χ1) is 14.6. The minimum atomic E-state index is -0.330. The lowest BCUT2D eigenvalue weighted by Gasteiger charge is -2.27. The highest BCUT2D eigenvalue weighted by Crippen LogP contribution is 2.36. The van der Waals surface area contributed by atoms with Gasteiger partial charge in [0.1, 0.15) is 5.82 Å². The quantitative estimate of drug-likeness (QED) is 0.752. The van der Waals surface area contributed by atoms with Crippen LogP contribution in [-0.2, 0) is 22.6 Å². The monoisotopic (exact) mass is 427 g/mol. The summed E-state index contributed by atoms with van der Waals surface area (Å²) < 4.78 is 2.24. The molecular formula is C22H26ClN5O2. The van der Waals surface area contributed by atoms with Gasteiger partial charge in [-0.05, 0) is 43.9 Å². The predicted octanol–water partition coefficient (Wildman–Crippen LogP) is 3.37. The van der Waals surface area contributed by atoms with Crippen LogP contribution in [0.5, 0.6) is 0 Å². The van der Waals surface area contributed by atoms with Crippen molar-refractivity contribution in [1.29, 1.82) is 0 Å². The Morgan fingerprint density at radius 1 is 1.10 bits per heavy atom. The third kappa shape index (κ3) is 3.49. The van der Waals surface area contributed by atoms with Crippen molar-refractivity contribution in [3.05, 3.63) is 40.9 Å². The third-order valence-corrected chi connectivity index (χ3v) is 6.80. The van der Waals surface area contributed by atoms with Gasteiger partial charge in [-0.1, -0.05) is 24.1 Å². The van der Waals surface area contributed by atoms with E-state index in [1.54, 1.807) is 17.0 Å². The molecule has 0 N–H and O–H groups in total. The molecule has 4 heterocycles. The predicted molar refractivity (Wildman–Crippen MR) is 113 cm³/mol. The summed E-state index contributed by atoms with van der Waals surface area (Å²) in [6.07, 6.45) is 6.55.